The lowest BCUT2D eigenvalue weighted by Crippen LogP contribution is -2.23. The quantitative estimate of drug-likeness (QED) is 0.835. The monoisotopic (exact) mass is 309 g/mol. The summed E-state index contributed by atoms with van der Waals surface area (Å²) < 4.78 is 0. The van der Waals surface area contributed by atoms with Crippen LogP contribution in [0, 0.1) is 0 Å². The third kappa shape index (κ3) is 4.91. The third-order valence-corrected chi connectivity index (χ3v) is 4.51. The average molecular weight is 310 g/mol. The molecule has 1 aromatic carbocycles. The van der Waals surface area contributed by atoms with Crippen molar-refractivity contribution in [3.8, 4) is 0 Å². The third-order valence-electron chi connectivity index (χ3n) is 3.34. The Morgan fingerprint density at radius 3 is 2.80 bits per heavy atom. The Morgan fingerprint density at radius 1 is 1.25 bits per heavy atom. The van der Waals surface area contributed by atoms with E-state index in [1.54, 1.807) is 11.3 Å². The van der Waals surface area contributed by atoms with Crippen LogP contribution in [0.3, 0.4) is 0 Å². The van der Waals surface area contributed by atoms with Gasteiger partial charge < -0.3 is 10.0 Å². The van der Waals surface area contributed by atoms with E-state index in [0.717, 1.165) is 31.5 Å². The van der Waals surface area contributed by atoms with Crippen molar-refractivity contribution >= 4 is 22.9 Å². The van der Waals surface area contributed by atoms with Crippen molar-refractivity contribution in [1.29, 1.82) is 0 Å². The molecule has 0 saturated carbocycles. The smallest absolute Gasteiger partial charge is 0.0802 e. The Labute approximate surface area is 129 Å². The van der Waals surface area contributed by atoms with E-state index < -0.39 is 6.10 Å². The Morgan fingerprint density at radius 2 is 2.10 bits per heavy atom. The molecule has 2 aromatic rings. The van der Waals surface area contributed by atoms with Gasteiger partial charge in [-0.3, -0.25) is 0 Å². The molecule has 2 rings (SSSR count). The molecule has 1 unspecified atom stereocenters. The van der Waals surface area contributed by atoms with Crippen LogP contribution in [-0.4, -0.2) is 30.1 Å². The van der Waals surface area contributed by atoms with Gasteiger partial charge in [0.2, 0.25) is 0 Å². The summed E-state index contributed by atoms with van der Waals surface area (Å²) in [5.74, 6) is 0. The van der Waals surface area contributed by atoms with Gasteiger partial charge in [-0.2, -0.15) is 0 Å². The topological polar surface area (TPSA) is 23.5 Å². The SMILES string of the molecule is CN(CCc1cccs1)CCC(O)c1cccc(Cl)c1. The van der Waals surface area contributed by atoms with Gasteiger partial charge >= 0.3 is 0 Å². The maximum absolute atomic E-state index is 10.2. The van der Waals surface area contributed by atoms with Crippen molar-refractivity contribution in [3.05, 3.63) is 57.2 Å². The maximum atomic E-state index is 10.2. The van der Waals surface area contributed by atoms with Crippen LogP contribution in [-0.2, 0) is 6.42 Å². The first kappa shape index (κ1) is 15.5. The molecule has 1 N–H and O–H groups in total. The molecular weight excluding hydrogens is 290 g/mol. The number of hydrogen-bond acceptors (Lipinski definition) is 3. The first-order valence-corrected chi connectivity index (χ1v) is 8.05. The van der Waals surface area contributed by atoms with Crippen molar-refractivity contribution in [2.24, 2.45) is 0 Å². The zero-order valence-electron chi connectivity index (χ0n) is 11.6. The first-order chi connectivity index (χ1) is 9.65. The Kier molecular flexibility index (Phi) is 6.05. The number of rotatable bonds is 7. The highest BCUT2D eigenvalue weighted by Crippen LogP contribution is 2.20. The van der Waals surface area contributed by atoms with Gasteiger partial charge in [0.25, 0.3) is 0 Å². The van der Waals surface area contributed by atoms with Gasteiger partial charge in [0.1, 0.15) is 0 Å². The number of nitrogens with zero attached hydrogens (tertiary/aromatic N) is 1. The van der Waals surface area contributed by atoms with Crippen LogP contribution in [0.4, 0.5) is 0 Å². The molecule has 0 spiro atoms. The molecule has 108 valence electrons. The molecule has 1 atom stereocenters. The number of likely N-dealkylation sites (N-methyl/N-ethyl adjacent to an activating group) is 1. The lowest BCUT2D eigenvalue weighted by Gasteiger charge is -2.18. The molecule has 0 fully saturated rings. The highest BCUT2D eigenvalue weighted by atomic mass is 35.5. The Bertz CT molecular complexity index is 515. The van der Waals surface area contributed by atoms with Crippen molar-refractivity contribution < 1.29 is 5.11 Å². The van der Waals surface area contributed by atoms with Crippen LogP contribution >= 0.6 is 22.9 Å². The Balaban J connectivity index is 1.73. The van der Waals surface area contributed by atoms with Gasteiger partial charge in [-0.15, -0.1) is 11.3 Å². The molecule has 1 heterocycles. The molecule has 0 amide bonds. The standard InChI is InChI=1S/C16H20ClNOS/c1-18(9-7-15-6-3-11-20-15)10-8-16(19)13-4-2-5-14(17)12-13/h2-6,11-12,16,19H,7-10H2,1H3. The van der Waals surface area contributed by atoms with E-state index in [0.29, 0.717) is 5.02 Å². The lowest BCUT2D eigenvalue weighted by atomic mass is 10.1. The summed E-state index contributed by atoms with van der Waals surface area (Å²) in [6, 6.07) is 11.7. The van der Waals surface area contributed by atoms with Gasteiger partial charge in [0.15, 0.2) is 0 Å². The van der Waals surface area contributed by atoms with E-state index in [1.165, 1.54) is 4.88 Å². The fourth-order valence-corrected chi connectivity index (χ4v) is 2.99. The highest BCUT2D eigenvalue weighted by molar-refractivity contribution is 7.09. The minimum atomic E-state index is -0.446. The minimum Gasteiger partial charge on any atom is -0.388 e. The van der Waals surface area contributed by atoms with Gasteiger partial charge in [-0.05, 0) is 49.0 Å². The summed E-state index contributed by atoms with van der Waals surface area (Å²) in [5, 5.41) is 12.9. The zero-order chi connectivity index (χ0) is 14.4. The number of benzene rings is 1. The summed E-state index contributed by atoms with van der Waals surface area (Å²) in [6.45, 7) is 1.89. The van der Waals surface area contributed by atoms with Crippen LogP contribution in [0.5, 0.6) is 0 Å². The summed E-state index contributed by atoms with van der Waals surface area (Å²) in [5.41, 5.74) is 0.893. The summed E-state index contributed by atoms with van der Waals surface area (Å²) >= 11 is 7.74. The van der Waals surface area contributed by atoms with Gasteiger partial charge in [-0.1, -0.05) is 29.8 Å². The molecular formula is C16H20ClNOS. The highest BCUT2D eigenvalue weighted by Gasteiger charge is 2.09. The van der Waals surface area contributed by atoms with Crippen LogP contribution in [0.25, 0.3) is 0 Å². The van der Waals surface area contributed by atoms with E-state index in [4.69, 9.17) is 11.6 Å². The zero-order valence-corrected chi connectivity index (χ0v) is 13.2. The van der Waals surface area contributed by atoms with Crippen molar-refractivity contribution in [2.75, 3.05) is 20.1 Å². The van der Waals surface area contributed by atoms with E-state index in [1.807, 2.05) is 24.3 Å². The number of thiophene rings is 1. The van der Waals surface area contributed by atoms with Gasteiger partial charge in [0, 0.05) is 23.0 Å². The second-order valence-corrected chi connectivity index (χ2v) is 6.46. The van der Waals surface area contributed by atoms with E-state index in [9.17, 15) is 5.11 Å². The maximum Gasteiger partial charge on any atom is 0.0802 e. The van der Waals surface area contributed by atoms with Crippen LogP contribution in [0.1, 0.15) is 23.0 Å². The minimum absolute atomic E-state index is 0.446. The summed E-state index contributed by atoms with van der Waals surface area (Å²) in [7, 11) is 2.10. The van der Waals surface area contributed by atoms with E-state index in [2.05, 4.69) is 29.5 Å². The van der Waals surface area contributed by atoms with Crippen molar-refractivity contribution in [2.45, 2.75) is 18.9 Å². The van der Waals surface area contributed by atoms with Crippen LogP contribution < -0.4 is 0 Å². The molecule has 0 saturated heterocycles. The first-order valence-electron chi connectivity index (χ1n) is 6.79. The normalized spacial score (nSPS) is 12.8. The largest absolute Gasteiger partial charge is 0.388 e. The molecule has 1 aromatic heterocycles. The average Bonchev–Trinajstić information content (AvgIpc) is 2.95. The molecule has 0 radical (unpaired) electrons. The second kappa shape index (κ2) is 7.79. The Hall–Kier alpha value is -0.870. The summed E-state index contributed by atoms with van der Waals surface area (Å²) in [6.07, 6.45) is 1.35. The van der Waals surface area contributed by atoms with E-state index >= 15 is 0 Å². The molecule has 0 bridgehead atoms. The predicted octanol–water partition coefficient (Wildman–Crippen LogP) is 4.00. The van der Waals surface area contributed by atoms with Crippen LogP contribution in [0.2, 0.25) is 5.02 Å². The second-order valence-electron chi connectivity index (χ2n) is 4.99. The fraction of sp³-hybridized carbons (Fsp3) is 0.375. The molecule has 0 aliphatic carbocycles. The van der Waals surface area contributed by atoms with Crippen LogP contribution in [0.15, 0.2) is 41.8 Å². The number of halogens is 1. The van der Waals surface area contributed by atoms with Gasteiger partial charge in [0.05, 0.1) is 6.10 Å². The molecule has 2 nitrogen and oxygen atoms in total. The fourth-order valence-electron chi connectivity index (χ4n) is 2.09. The predicted molar refractivity (Wildman–Crippen MR) is 86.5 cm³/mol. The van der Waals surface area contributed by atoms with Crippen molar-refractivity contribution in [3.63, 3.8) is 0 Å². The van der Waals surface area contributed by atoms with Crippen molar-refractivity contribution in [1.82, 2.24) is 4.90 Å². The number of aliphatic hydroxyl groups is 1. The number of aliphatic hydroxyl groups excluding tert-OH is 1. The number of hydrogen-bond donors (Lipinski definition) is 1. The lowest BCUT2D eigenvalue weighted by molar-refractivity contribution is 0.149. The molecule has 4 heteroatoms. The molecule has 20 heavy (non-hydrogen) atoms. The summed E-state index contributed by atoms with van der Waals surface area (Å²) in [4.78, 5) is 3.67. The van der Waals surface area contributed by atoms with Gasteiger partial charge in [-0.25, -0.2) is 0 Å². The molecule has 0 aliphatic rings. The van der Waals surface area contributed by atoms with E-state index in [-0.39, 0.29) is 0 Å². The molecule has 0 aliphatic heterocycles.